The normalized spacial score (nSPS) is 16.3. The van der Waals surface area contributed by atoms with Crippen LogP contribution in [0.5, 0.6) is 5.75 Å². The Balaban J connectivity index is 1.62. The highest BCUT2D eigenvalue weighted by Crippen LogP contribution is 2.24. The van der Waals surface area contributed by atoms with Gasteiger partial charge in [-0.25, -0.2) is 0 Å². The minimum absolute atomic E-state index is 0.0571. The second-order valence-corrected chi connectivity index (χ2v) is 7.85. The van der Waals surface area contributed by atoms with Gasteiger partial charge in [0.2, 0.25) is 11.8 Å². The molecule has 29 heavy (non-hydrogen) atoms. The van der Waals surface area contributed by atoms with E-state index in [9.17, 15) is 9.59 Å². The summed E-state index contributed by atoms with van der Waals surface area (Å²) in [4.78, 5) is 29.4. The van der Waals surface area contributed by atoms with Crippen LogP contribution < -0.4 is 4.74 Å². The van der Waals surface area contributed by atoms with Gasteiger partial charge in [-0.15, -0.1) is 0 Å². The number of benzene rings is 2. The first-order valence-corrected chi connectivity index (χ1v) is 10.2. The minimum Gasteiger partial charge on any atom is -0.496 e. The van der Waals surface area contributed by atoms with Gasteiger partial charge in [0.15, 0.2) is 0 Å². The van der Waals surface area contributed by atoms with E-state index >= 15 is 0 Å². The van der Waals surface area contributed by atoms with Gasteiger partial charge in [-0.05, 0) is 37.5 Å². The molecule has 0 N–H and O–H groups in total. The predicted octanol–water partition coefficient (Wildman–Crippen LogP) is 3.52. The van der Waals surface area contributed by atoms with Crippen LogP contribution in [0.15, 0.2) is 54.6 Å². The number of para-hydroxylation sites is 1. The Kier molecular flexibility index (Phi) is 6.91. The summed E-state index contributed by atoms with van der Waals surface area (Å²) in [6, 6.07) is 17.9. The highest BCUT2D eigenvalue weighted by molar-refractivity contribution is 5.89. The summed E-state index contributed by atoms with van der Waals surface area (Å²) in [7, 11) is 1.65. The van der Waals surface area contributed by atoms with Crippen molar-refractivity contribution >= 4 is 11.8 Å². The molecule has 5 heteroatoms. The Bertz CT molecular complexity index is 835. The van der Waals surface area contributed by atoms with Crippen LogP contribution in [0.1, 0.15) is 31.4 Å². The zero-order chi connectivity index (χ0) is 20.8. The van der Waals surface area contributed by atoms with Gasteiger partial charge < -0.3 is 14.5 Å². The number of hydrogen-bond donors (Lipinski definition) is 0. The van der Waals surface area contributed by atoms with Gasteiger partial charge in [-0.1, -0.05) is 48.5 Å². The summed E-state index contributed by atoms with van der Waals surface area (Å²) in [6.45, 7) is 5.71. The molecule has 1 saturated heterocycles. The maximum Gasteiger partial charge on any atom is 0.228 e. The van der Waals surface area contributed by atoms with Gasteiger partial charge >= 0.3 is 0 Å². The van der Waals surface area contributed by atoms with E-state index in [-0.39, 0.29) is 23.8 Å². The van der Waals surface area contributed by atoms with Crippen LogP contribution in [-0.4, -0.2) is 47.9 Å². The molecule has 3 rings (SSSR count). The van der Waals surface area contributed by atoms with E-state index in [4.69, 9.17) is 4.74 Å². The number of rotatable bonds is 8. The van der Waals surface area contributed by atoms with E-state index in [1.807, 2.05) is 78.2 Å². The fraction of sp³-hybridized carbons (Fsp3) is 0.417. The van der Waals surface area contributed by atoms with Crippen LogP contribution in [-0.2, 0) is 22.6 Å². The van der Waals surface area contributed by atoms with Crippen LogP contribution in [0.3, 0.4) is 0 Å². The number of carbonyl (C=O) groups is 2. The summed E-state index contributed by atoms with van der Waals surface area (Å²) < 4.78 is 5.40. The fourth-order valence-corrected chi connectivity index (χ4v) is 3.85. The third-order valence-electron chi connectivity index (χ3n) is 5.51. The van der Waals surface area contributed by atoms with Crippen LogP contribution >= 0.6 is 0 Å². The van der Waals surface area contributed by atoms with Crippen molar-refractivity contribution in [3.63, 3.8) is 0 Å². The van der Waals surface area contributed by atoms with E-state index in [1.165, 1.54) is 0 Å². The molecule has 0 saturated carbocycles. The van der Waals surface area contributed by atoms with Crippen LogP contribution in [0.25, 0.3) is 0 Å². The molecule has 0 aliphatic carbocycles. The first-order chi connectivity index (χ1) is 14.0. The van der Waals surface area contributed by atoms with E-state index < -0.39 is 0 Å². The van der Waals surface area contributed by atoms with Crippen molar-refractivity contribution in [2.45, 2.75) is 39.3 Å². The number of ether oxygens (including phenoxy) is 1. The van der Waals surface area contributed by atoms with Crippen molar-refractivity contribution in [3.8, 4) is 5.75 Å². The molecule has 1 aliphatic rings. The molecule has 0 bridgehead atoms. The summed E-state index contributed by atoms with van der Waals surface area (Å²) >= 11 is 0. The number of amides is 2. The van der Waals surface area contributed by atoms with Gasteiger partial charge in [0.25, 0.3) is 0 Å². The van der Waals surface area contributed by atoms with Gasteiger partial charge in [0.05, 0.1) is 13.0 Å². The molecule has 154 valence electrons. The zero-order valence-electron chi connectivity index (χ0n) is 17.5. The van der Waals surface area contributed by atoms with Crippen molar-refractivity contribution in [2.24, 2.45) is 5.92 Å². The smallest absolute Gasteiger partial charge is 0.228 e. The Labute approximate surface area is 173 Å². The van der Waals surface area contributed by atoms with Gasteiger partial charge in [-0.2, -0.15) is 0 Å². The number of methoxy groups -OCH3 is 1. The molecule has 1 aliphatic heterocycles. The van der Waals surface area contributed by atoms with Crippen LogP contribution in [0.4, 0.5) is 0 Å². The topological polar surface area (TPSA) is 49.9 Å². The van der Waals surface area contributed by atoms with Crippen molar-refractivity contribution in [1.29, 1.82) is 0 Å². The number of hydrogen-bond acceptors (Lipinski definition) is 3. The SMILES string of the molecule is COc1ccccc1CCN1CC(C(=O)N(Cc2ccccc2)C(C)C)CC1=O. The van der Waals surface area contributed by atoms with Crippen molar-refractivity contribution < 1.29 is 14.3 Å². The molecule has 2 aromatic rings. The third kappa shape index (κ3) is 5.17. The average molecular weight is 395 g/mol. The molecule has 2 aromatic carbocycles. The van der Waals surface area contributed by atoms with Gasteiger partial charge in [0.1, 0.15) is 5.75 Å². The van der Waals surface area contributed by atoms with E-state index in [0.717, 1.165) is 16.9 Å². The second-order valence-electron chi connectivity index (χ2n) is 7.85. The summed E-state index contributed by atoms with van der Waals surface area (Å²) in [5.41, 5.74) is 2.18. The van der Waals surface area contributed by atoms with Gasteiger partial charge in [-0.3, -0.25) is 9.59 Å². The first kappa shape index (κ1) is 20.9. The van der Waals surface area contributed by atoms with Crippen LogP contribution in [0, 0.1) is 5.92 Å². The van der Waals surface area contributed by atoms with Crippen molar-refractivity contribution in [2.75, 3.05) is 20.2 Å². The lowest BCUT2D eigenvalue weighted by Gasteiger charge is -2.29. The number of nitrogens with zero attached hydrogens (tertiary/aromatic N) is 2. The van der Waals surface area contributed by atoms with Crippen molar-refractivity contribution in [3.05, 3.63) is 65.7 Å². The molecule has 1 fully saturated rings. The number of likely N-dealkylation sites (tertiary alicyclic amines) is 1. The standard InChI is InChI=1S/C24H30N2O3/c1-18(2)26(16-19-9-5-4-6-10-19)24(28)21-15-23(27)25(17-21)14-13-20-11-7-8-12-22(20)29-3/h4-12,18,21H,13-17H2,1-3H3. The Morgan fingerprint density at radius 3 is 2.52 bits per heavy atom. The molecular weight excluding hydrogens is 364 g/mol. The Morgan fingerprint density at radius 1 is 1.14 bits per heavy atom. The quantitative estimate of drug-likeness (QED) is 0.688. The highest BCUT2D eigenvalue weighted by atomic mass is 16.5. The summed E-state index contributed by atoms with van der Waals surface area (Å²) in [5.74, 6) is 0.686. The maximum absolute atomic E-state index is 13.2. The molecule has 0 aromatic heterocycles. The summed E-state index contributed by atoms with van der Waals surface area (Å²) in [5, 5.41) is 0. The third-order valence-corrected chi connectivity index (χ3v) is 5.51. The molecule has 0 spiro atoms. The predicted molar refractivity (Wildman–Crippen MR) is 114 cm³/mol. The second kappa shape index (κ2) is 9.59. The van der Waals surface area contributed by atoms with E-state index in [1.54, 1.807) is 7.11 Å². The van der Waals surface area contributed by atoms with Crippen LogP contribution in [0.2, 0.25) is 0 Å². The molecule has 1 unspecified atom stereocenters. The maximum atomic E-state index is 13.2. The Morgan fingerprint density at radius 2 is 1.83 bits per heavy atom. The van der Waals surface area contributed by atoms with E-state index in [2.05, 4.69) is 0 Å². The minimum atomic E-state index is -0.272. The Hall–Kier alpha value is -2.82. The molecular formula is C24H30N2O3. The lowest BCUT2D eigenvalue weighted by atomic mass is 10.1. The lowest BCUT2D eigenvalue weighted by molar-refractivity contribution is -0.138. The monoisotopic (exact) mass is 394 g/mol. The fourth-order valence-electron chi connectivity index (χ4n) is 3.85. The molecule has 1 atom stereocenters. The average Bonchev–Trinajstić information content (AvgIpc) is 3.11. The molecule has 0 radical (unpaired) electrons. The van der Waals surface area contributed by atoms with Crippen molar-refractivity contribution in [1.82, 2.24) is 9.80 Å². The first-order valence-electron chi connectivity index (χ1n) is 10.2. The zero-order valence-corrected chi connectivity index (χ0v) is 17.5. The number of carbonyl (C=O) groups excluding carboxylic acids is 2. The molecule has 5 nitrogen and oxygen atoms in total. The molecule has 2 amide bonds. The molecule has 1 heterocycles. The lowest BCUT2D eigenvalue weighted by Crippen LogP contribution is -2.41. The van der Waals surface area contributed by atoms with E-state index in [0.29, 0.717) is 32.5 Å². The summed E-state index contributed by atoms with van der Waals surface area (Å²) in [6.07, 6.45) is 1.01. The largest absolute Gasteiger partial charge is 0.496 e. The van der Waals surface area contributed by atoms with Gasteiger partial charge in [0, 0.05) is 32.1 Å². The highest BCUT2D eigenvalue weighted by Gasteiger charge is 2.37.